The molecule has 1 heterocycles. The van der Waals surface area contributed by atoms with Crippen molar-refractivity contribution in [2.24, 2.45) is 0 Å². The highest BCUT2D eigenvalue weighted by Gasteiger charge is 2.19. The lowest BCUT2D eigenvalue weighted by molar-refractivity contribution is 0.182. The van der Waals surface area contributed by atoms with Crippen LogP contribution in [-0.2, 0) is 0 Å². The third-order valence-corrected chi connectivity index (χ3v) is 3.05. The van der Waals surface area contributed by atoms with Crippen LogP contribution in [0.4, 0.5) is 4.39 Å². The predicted molar refractivity (Wildman–Crippen MR) is 73.8 cm³/mol. The Morgan fingerprint density at radius 2 is 1.76 bits per heavy atom. The molecule has 1 atom stereocenters. The maximum Gasteiger partial charge on any atom is 0.127 e. The molecule has 0 radical (unpaired) electrons. The van der Waals surface area contributed by atoms with Gasteiger partial charge in [0.2, 0.25) is 0 Å². The Hall–Kier alpha value is -0.350. The van der Waals surface area contributed by atoms with Gasteiger partial charge < -0.3 is 5.32 Å². The number of nitrogens with one attached hydrogen (secondary N) is 1. The Morgan fingerprint density at radius 3 is 2.35 bits per heavy atom. The molecule has 17 heavy (non-hydrogen) atoms. The summed E-state index contributed by atoms with van der Waals surface area (Å²) < 4.78 is 13.6. The van der Waals surface area contributed by atoms with Gasteiger partial charge in [0.1, 0.15) is 5.82 Å². The average molecular weight is 281 g/mol. The lowest BCUT2D eigenvalue weighted by Crippen LogP contribution is -2.44. The molecule has 98 valence electrons. The molecule has 0 amide bonds. The molecule has 0 bridgehead atoms. The van der Waals surface area contributed by atoms with Gasteiger partial charge in [-0.2, -0.15) is 0 Å². The largest absolute Gasteiger partial charge is 0.314 e. The van der Waals surface area contributed by atoms with E-state index in [9.17, 15) is 4.39 Å². The van der Waals surface area contributed by atoms with E-state index in [1.54, 1.807) is 6.07 Å². The van der Waals surface area contributed by atoms with E-state index >= 15 is 0 Å². The van der Waals surface area contributed by atoms with Gasteiger partial charge >= 0.3 is 0 Å². The molecular weight excluding hydrogens is 262 g/mol. The summed E-state index contributed by atoms with van der Waals surface area (Å²) in [6.07, 6.45) is 0. The average Bonchev–Trinajstić information content (AvgIpc) is 2.30. The van der Waals surface area contributed by atoms with Crippen LogP contribution in [0, 0.1) is 5.82 Å². The van der Waals surface area contributed by atoms with Gasteiger partial charge in [-0.3, -0.25) is 4.90 Å². The van der Waals surface area contributed by atoms with E-state index in [4.69, 9.17) is 0 Å². The molecule has 1 aromatic rings. The van der Waals surface area contributed by atoms with Crippen LogP contribution in [0.25, 0.3) is 0 Å². The molecule has 2 rings (SSSR count). The van der Waals surface area contributed by atoms with Crippen LogP contribution in [0.2, 0.25) is 0 Å². The molecule has 1 aromatic carbocycles. The third kappa shape index (κ3) is 4.11. The summed E-state index contributed by atoms with van der Waals surface area (Å²) in [5, 5.41) is 3.30. The Labute approximate surface area is 114 Å². The van der Waals surface area contributed by atoms with Crippen LogP contribution in [0.3, 0.4) is 0 Å². The monoisotopic (exact) mass is 280 g/mol. The zero-order chi connectivity index (χ0) is 10.7. The summed E-state index contributed by atoms with van der Waals surface area (Å²) in [5.74, 6) is -0.0940. The fourth-order valence-corrected chi connectivity index (χ4v) is 2.08. The van der Waals surface area contributed by atoms with E-state index in [2.05, 4.69) is 17.1 Å². The fraction of sp³-hybridized carbons (Fsp3) is 0.500. The first kappa shape index (κ1) is 16.6. The van der Waals surface area contributed by atoms with Crippen molar-refractivity contribution in [3.8, 4) is 0 Å². The van der Waals surface area contributed by atoms with Crippen molar-refractivity contribution >= 4 is 24.8 Å². The number of rotatable bonds is 2. The van der Waals surface area contributed by atoms with Crippen molar-refractivity contribution in [2.45, 2.75) is 13.0 Å². The van der Waals surface area contributed by atoms with Crippen LogP contribution in [0.5, 0.6) is 0 Å². The van der Waals surface area contributed by atoms with E-state index in [0.29, 0.717) is 0 Å². The first-order chi connectivity index (χ1) is 7.29. The van der Waals surface area contributed by atoms with Crippen molar-refractivity contribution in [2.75, 3.05) is 26.2 Å². The lowest BCUT2D eigenvalue weighted by atomic mass is 10.1. The molecule has 2 nitrogen and oxygen atoms in total. The second kappa shape index (κ2) is 7.88. The number of nitrogens with zero attached hydrogens (tertiary/aromatic N) is 1. The van der Waals surface area contributed by atoms with Gasteiger partial charge in [0.15, 0.2) is 0 Å². The number of hydrogen-bond acceptors (Lipinski definition) is 2. The van der Waals surface area contributed by atoms with Crippen LogP contribution >= 0.6 is 24.8 Å². The SMILES string of the molecule is C[C@@H](c1ccccc1F)N1CCNCC1.Cl.Cl. The van der Waals surface area contributed by atoms with Gasteiger partial charge in [0.05, 0.1) is 0 Å². The van der Waals surface area contributed by atoms with Gasteiger partial charge in [-0.25, -0.2) is 4.39 Å². The highest BCUT2D eigenvalue weighted by atomic mass is 35.5. The number of piperazine rings is 1. The highest BCUT2D eigenvalue weighted by molar-refractivity contribution is 5.85. The minimum atomic E-state index is -0.0940. The van der Waals surface area contributed by atoms with Gasteiger partial charge in [-0.05, 0) is 13.0 Å². The van der Waals surface area contributed by atoms with Crippen LogP contribution in [0.15, 0.2) is 24.3 Å². The molecule has 1 aliphatic rings. The molecule has 1 aliphatic heterocycles. The van der Waals surface area contributed by atoms with Crippen LogP contribution < -0.4 is 5.32 Å². The van der Waals surface area contributed by atoms with Crippen molar-refractivity contribution in [1.29, 1.82) is 0 Å². The van der Waals surface area contributed by atoms with Crippen molar-refractivity contribution < 1.29 is 4.39 Å². The molecule has 0 saturated carbocycles. The maximum absolute atomic E-state index is 13.6. The number of hydrogen-bond donors (Lipinski definition) is 1. The van der Waals surface area contributed by atoms with E-state index in [-0.39, 0.29) is 36.7 Å². The molecule has 1 fully saturated rings. The first-order valence-corrected chi connectivity index (χ1v) is 5.48. The van der Waals surface area contributed by atoms with Gasteiger partial charge in [0.25, 0.3) is 0 Å². The molecule has 1 N–H and O–H groups in total. The topological polar surface area (TPSA) is 15.3 Å². The molecule has 0 aromatic heterocycles. The fourth-order valence-electron chi connectivity index (χ4n) is 2.08. The smallest absolute Gasteiger partial charge is 0.127 e. The van der Waals surface area contributed by atoms with Crippen LogP contribution in [-0.4, -0.2) is 31.1 Å². The Bertz CT molecular complexity index is 330. The summed E-state index contributed by atoms with van der Waals surface area (Å²) in [4.78, 5) is 2.31. The Balaban J connectivity index is 0.00000128. The maximum atomic E-state index is 13.6. The van der Waals surface area contributed by atoms with E-state index < -0.39 is 0 Å². The molecule has 0 spiro atoms. The summed E-state index contributed by atoms with van der Waals surface area (Å²) in [6, 6.07) is 7.23. The minimum absolute atomic E-state index is 0. The van der Waals surface area contributed by atoms with E-state index in [0.717, 1.165) is 31.7 Å². The Morgan fingerprint density at radius 1 is 1.18 bits per heavy atom. The molecule has 1 saturated heterocycles. The standard InChI is InChI=1S/C12H17FN2.2ClH/c1-10(15-8-6-14-7-9-15)11-4-2-3-5-12(11)13;;/h2-5,10,14H,6-9H2,1H3;2*1H/t10-;;/m0../s1. The molecule has 0 aliphatic carbocycles. The normalized spacial score (nSPS) is 17.8. The van der Waals surface area contributed by atoms with E-state index in [1.807, 2.05) is 12.1 Å². The second-order valence-electron chi connectivity index (χ2n) is 3.98. The Kier molecular flexibility index (Phi) is 7.71. The summed E-state index contributed by atoms with van der Waals surface area (Å²) >= 11 is 0. The molecule has 5 heteroatoms. The lowest BCUT2D eigenvalue weighted by Gasteiger charge is -2.33. The molecular formula is C12H19Cl2FN2. The first-order valence-electron chi connectivity index (χ1n) is 5.48. The highest BCUT2D eigenvalue weighted by Crippen LogP contribution is 2.22. The predicted octanol–water partition coefficient (Wildman–Crippen LogP) is 2.64. The second-order valence-corrected chi connectivity index (χ2v) is 3.98. The summed E-state index contributed by atoms with van der Waals surface area (Å²) in [7, 11) is 0. The third-order valence-electron chi connectivity index (χ3n) is 3.05. The number of halogens is 3. The van der Waals surface area contributed by atoms with Gasteiger partial charge in [0, 0.05) is 37.8 Å². The van der Waals surface area contributed by atoms with Gasteiger partial charge in [-0.1, -0.05) is 18.2 Å². The van der Waals surface area contributed by atoms with Crippen molar-refractivity contribution in [3.63, 3.8) is 0 Å². The zero-order valence-electron chi connectivity index (χ0n) is 9.86. The minimum Gasteiger partial charge on any atom is -0.314 e. The van der Waals surface area contributed by atoms with Crippen molar-refractivity contribution in [3.05, 3.63) is 35.6 Å². The zero-order valence-corrected chi connectivity index (χ0v) is 11.5. The van der Waals surface area contributed by atoms with Crippen molar-refractivity contribution in [1.82, 2.24) is 10.2 Å². The number of benzene rings is 1. The van der Waals surface area contributed by atoms with E-state index in [1.165, 1.54) is 6.07 Å². The summed E-state index contributed by atoms with van der Waals surface area (Å²) in [5.41, 5.74) is 0.805. The molecule has 0 unspecified atom stereocenters. The van der Waals surface area contributed by atoms with Gasteiger partial charge in [-0.15, -0.1) is 24.8 Å². The van der Waals surface area contributed by atoms with Crippen LogP contribution in [0.1, 0.15) is 18.5 Å². The quantitative estimate of drug-likeness (QED) is 0.896. The summed E-state index contributed by atoms with van der Waals surface area (Å²) in [6.45, 7) is 6.06.